The standard InChI is InChI=1S/C12H22N4O2S/c1-16(10-3-4-10)6-8-18-12-15-14-11(19-12)9-13-5-7-17-2/h10,13H,3-9H2,1-2H3. The minimum atomic E-state index is 0.660. The maximum atomic E-state index is 5.61. The summed E-state index contributed by atoms with van der Waals surface area (Å²) in [4.78, 5) is 2.34. The lowest BCUT2D eigenvalue weighted by molar-refractivity contribution is 0.199. The second-order valence-electron chi connectivity index (χ2n) is 4.69. The molecule has 0 saturated heterocycles. The monoisotopic (exact) mass is 286 g/mol. The van der Waals surface area contributed by atoms with Crippen molar-refractivity contribution in [1.82, 2.24) is 20.4 Å². The van der Waals surface area contributed by atoms with Crippen LogP contribution in [-0.4, -0.2) is 61.6 Å². The number of rotatable bonds is 10. The molecule has 0 unspecified atom stereocenters. The third-order valence-corrected chi connectivity index (χ3v) is 3.88. The Labute approximate surface area is 118 Å². The molecule has 6 nitrogen and oxygen atoms in total. The van der Waals surface area contributed by atoms with Crippen LogP contribution in [0.1, 0.15) is 17.8 Å². The van der Waals surface area contributed by atoms with Crippen molar-refractivity contribution in [2.75, 3.05) is 40.5 Å². The topological polar surface area (TPSA) is 59.5 Å². The van der Waals surface area contributed by atoms with E-state index in [4.69, 9.17) is 9.47 Å². The van der Waals surface area contributed by atoms with Gasteiger partial charge in [-0.05, 0) is 19.9 Å². The molecule has 0 radical (unpaired) electrons. The number of hydrogen-bond acceptors (Lipinski definition) is 7. The van der Waals surface area contributed by atoms with Gasteiger partial charge in [0.2, 0.25) is 0 Å². The van der Waals surface area contributed by atoms with Crippen molar-refractivity contribution in [3.8, 4) is 5.19 Å². The van der Waals surface area contributed by atoms with Crippen LogP contribution in [0, 0.1) is 0 Å². The molecular weight excluding hydrogens is 264 g/mol. The number of hydrogen-bond donors (Lipinski definition) is 1. The van der Waals surface area contributed by atoms with Crippen LogP contribution in [-0.2, 0) is 11.3 Å². The lowest BCUT2D eigenvalue weighted by Gasteiger charge is -2.14. The first-order chi connectivity index (χ1) is 9.29. The number of likely N-dealkylation sites (N-methyl/N-ethyl adjacent to an activating group) is 1. The molecule has 1 fully saturated rings. The quantitative estimate of drug-likeness (QED) is 0.641. The average molecular weight is 286 g/mol. The van der Waals surface area contributed by atoms with E-state index in [9.17, 15) is 0 Å². The van der Waals surface area contributed by atoms with Gasteiger partial charge in [0, 0.05) is 32.8 Å². The molecule has 0 aromatic carbocycles. The largest absolute Gasteiger partial charge is 0.468 e. The van der Waals surface area contributed by atoms with Crippen molar-refractivity contribution < 1.29 is 9.47 Å². The molecule has 2 rings (SSSR count). The van der Waals surface area contributed by atoms with Crippen LogP contribution in [0.2, 0.25) is 0 Å². The van der Waals surface area contributed by atoms with Gasteiger partial charge < -0.3 is 19.7 Å². The SMILES string of the molecule is COCCNCc1nnc(OCCN(C)C2CC2)s1. The number of aromatic nitrogens is 2. The van der Waals surface area contributed by atoms with E-state index >= 15 is 0 Å². The van der Waals surface area contributed by atoms with E-state index in [-0.39, 0.29) is 0 Å². The molecule has 19 heavy (non-hydrogen) atoms. The molecule has 0 bridgehead atoms. The van der Waals surface area contributed by atoms with Crippen LogP contribution >= 0.6 is 11.3 Å². The lowest BCUT2D eigenvalue weighted by atomic mass is 10.5. The Hall–Kier alpha value is -0.760. The highest BCUT2D eigenvalue weighted by atomic mass is 32.1. The summed E-state index contributed by atoms with van der Waals surface area (Å²) in [6.45, 7) is 3.87. The summed E-state index contributed by atoms with van der Waals surface area (Å²) in [5.74, 6) is 0. The third kappa shape index (κ3) is 5.40. The van der Waals surface area contributed by atoms with E-state index in [1.54, 1.807) is 7.11 Å². The summed E-state index contributed by atoms with van der Waals surface area (Å²) in [7, 11) is 3.84. The fourth-order valence-corrected chi connectivity index (χ4v) is 2.39. The molecule has 1 aliphatic rings. The molecule has 0 amide bonds. The van der Waals surface area contributed by atoms with Crippen LogP contribution in [0.5, 0.6) is 5.19 Å². The zero-order valence-corrected chi connectivity index (χ0v) is 12.4. The number of methoxy groups -OCH3 is 1. The molecule has 0 atom stereocenters. The van der Waals surface area contributed by atoms with Gasteiger partial charge in [-0.2, -0.15) is 0 Å². The van der Waals surface area contributed by atoms with Gasteiger partial charge in [0.25, 0.3) is 5.19 Å². The zero-order chi connectivity index (χ0) is 13.5. The molecule has 108 valence electrons. The van der Waals surface area contributed by atoms with Gasteiger partial charge in [0.15, 0.2) is 0 Å². The minimum absolute atomic E-state index is 0.660. The Morgan fingerprint density at radius 1 is 1.37 bits per heavy atom. The number of nitrogens with one attached hydrogen (secondary N) is 1. The molecule has 0 aliphatic heterocycles. The number of nitrogens with zero attached hydrogens (tertiary/aromatic N) is 3. The smallest absolute Gasteiger partial charge is 0.294 e. The van der Waals surface area contributed by atoms with Crippen LogP contribution in [0.3, 0.4) is 0 Å². The van der Waals surface area contributed by atoms with Crippen molar-refractivity contribution in [3.63, 3.8) is 0 Å². The summed E-state index contributed by atoms with van der Waals surface area (Å²) in [6, 6.07) is 0.776. The summed E-state index contributed by atoms with van der Waals surface area (Å²) in [5, 5.41) is 13.0. The van der Waals surface area contributed by atoms with Gasteiger partial charge in [-0.1, -0.05) is 11.3 Å². The molecule has 1 aromatic rings. The Morgan fingerprint density at radius 2 is 2.21 bits per heavy atom. The minimum Gasteiger partial charge on any atom is -0.468 e. The first-order valence-electron chi connectivity index (χ1n) is 6.64. The van der Waals surface area contributed by atoms with Crippen molar-refractivity contribution >= 4 is 11.3 Å². The van der Waals surface area contributed by atoms with Crippen LogP contribution in [0.15, 0.2) is 0 Å². The van der Waals surface area contributed by atoms with Gasteiger partial charge in [-0.25, -0.2) is 0 Å². The van der Waals surface area contributed by atoms with E-state index in [0.717, 1.165) is 24.1 Å². The van der Waals surface area contributed by atoms with Gasteiger partial charge in [-0.15, -0.1) is 10.2 Å². The first-order valence-corrected chi connectivity index (χ1v) is 7.46. The highest BCUT2D eigenvalue weighted by Gasteiger charge is 2.25. The fraction of sp³-hybridized carbons (Fsp3) is 0.833. The Kier molecular flexibility index (Phi) is 5.96. The summed E-state index contributed by atoms with van der Waals surface area (Å²) in [5.41, 5.74) is 0. The summed E-state index contributed by atoms with van der Waals surface area (Å²) in [6.07, 6.45) is 2.65. The number of ether oxygens (including phenoxy) is 2. The van der Waals surface area contributed by atoms with E-state index in [1.165, 1.54) is 24.2 Å². The second-order valence-corrected chi connectivity index (χ2v) is 5.72. The molecule has 1 heterocycles. The molecule has 1 N–H and O–H groups in total. The van der Waals surface area contributed by atoms with Crippen LogP contribution in [0.4, 0.5) is 0 Å². The van der Waals surface area contributed by atoms with Crippen molar-refractivity contribution in [2.24, 2.45) is 0 Å². The van der Waals surface area contributed by atoms with E-state index in [1.807, 2.05) is 0 Å². The van der Waals surface area contributed by atoms with E-state index < -0.39 is 0 Å². The lowest BCUT2D eigenvalue weighted by Crippen LogP contribution is -2.26. The fourth-order valence-electron chi connectivity index (χ4n) is 1.71. The second kappa shape index (κ2) is 7.74. The molecule has 7 heteroatoms. The molecule has 1 aromatic heterocycles. The zero-order valence-electron chi connectivity index (χ0n) is 11.6. The van der Waals surface area contributed by atoms with Crippen molar-refractivity contribution in [1.29, 1.82) is 0 Å². The Bertz CT molecular complexity index is 370. The highest BCUT2D eigenvalue weighted by molar-refractivity contribution is 7.13. The predicted molar refractivity (Wildman–Crippen MR) is 74.6 cm³/mol. The molecule has 0 spiro atoms. The maximum Gasteiger partial charge on any atom is 0.294 e. The third-order valence-electron chi connectivity index (χ3n) is 3.05. The normalized spacial score (nSPS) is 15.1. The Morgan fingerprint density at radius 3 is 2.95 bits per heavy atom. The molecular formula is C12H22N4O2S. The summed E-state index contributed by atoms with van der Waals surface area (Å²) < 4.78 is 10.6. The van der Waals surface area contributed by atoms with Crippen molar-refractivity contribution in [2.45, 2.75) is 25.4 Å². The maximum absolute atomic E-state index is 5.61. The van der Waals surface area contributed by atoms with Gasteiger partial charge >= 0.3 is 0 Å². The van der Waals surface area contributed by atoms with Gasteiger partial charge in [-0.3, -0.25) is 0 Å². The highest BCUT2D eigenvalue weighted by Crippen LogP contribution is 2.25. The van der Waals surface area contributed by atoms with Gasteiger partial charge in [0.1, 0.15) is 11.6 Å². The van der Waals surface area contributed by atoms with Gasteiger partial charge in [0.05, 0.1) is 6.61 Å². The van der Waals surface area contributed by atoms with Crippen LogP contribution in [0.25, 0.3) is 0 Å². The Balaban J connectivity index is 1.60. The van der Waals surface area contributed by atoms with E-state index in [2.05, 4.69) is 27.5 Å². The van der Waals surface area contributed by atoms with Crippen LogP contribution < -0.4 is 10.1 Å². The van der Waals surface area contributed by atoms with E-state index in [0.29, 0.717) is 25.0 Å². The first kappa shape index (κ1) is 14.6. The molecule has 1 aliphatic carbocycles. The average Bonchev–Trinajstić information content (AvgIpc) is 3.17. The van der Waals surface area contributed by atoms with Crippen molar-refractivity contribution in [3.05, 3.63) is 5.01 Å². The predicted octanol–water partition coefficient (Wildman–Crippen LogP) is 0.747. The molecule has 1 saturated carbocycles. The summed E-state index contributed by atoms with van der Waals surface area (Å²) >= 11 is 1.50.